The monoisotopic (exact) mass is 389 g/mol. The lowest BCUT2D eigenvalue weighted by molar-refractivity contribution is 0.0433. The first kappa shape index (κ1) is 18.1. The predicted molar refractivity (Wildman–Crippen MR) is 110 cm³/mol. The maximum atomic E-state index is 12.9. The normalized spacial score (nSPS) is 23.4. The molecule has 0 unspecified atom stereocenters. The van der Waals surface area contributed by atoms with Gasteiger partial charge >= 0.3 is 5.97 Å². The van der Waals surface area contributed by atoms with Crippen molar-refractivity contribution in [3.63, 3.8) is 0 Å². The van der Waals surface area contributed by atoms with E-state index in [2.05, 4.69) is 4.90 Å². The molecule has 3 aliphatic heterocycles. The molecule has 3 aliphatic rings. The molecule has 1 atom stereocenters. The fraction of sp³-hybridized carbons (Fsp3) is 0.333. The number of Topliss-reactive ketones (excluding diaryl/α,β-unsaturated/α-hetero) is 1. The molecule has 29 heavy (non-hydrogen) atoms. The number of ketones is 1. The van der Waals surface area contributed by atoms with Crippen LogP contribution in [0.25, 0.3) is 22.1 Å². The second kappa shape index (κ2) is 7.16. The van der Waals surface area contributed by atoms with Gasteiger partial charge in [-0.25, -0.2) is 4.79 Å². The average molecular weight is 389 g/mol. The molecule has 2 bridgehead atoms. The summed E-state index contributed by atoms with van der Waals surface area (Å²) in [6.07, 6.45) is 2.95. The summed E-state index contributed by atoms with van der Waals surface area (Å²) in [4.78, 5) is 26.5. The first-order valence-electron chi connectivity index (χ1n) is 10.2. The fourth-order valence-electron chi connectivity index (χ4n) is 4.88. The molecule has 0 amide bonds. The number of hydrogen-bond acceptors (Lipinski definition) is 4. The number of piperidine rings is 3. The van der Waals surface area contributed by atoms with Gasteiger partial charge in [0.1, 0.15) is 5.58 Å². The van der Waals surface area contributed by atoms with Crippen LogP contribution in [0.1, 0.15) is 40.2 Å². The van der Waals surface area contributed by atoms with Gasteiger partial charge in [0.2, 0.25) is 0 Å². The van der Waals surface area contributed by atoms with Gasteiger partial charge in [-0.3, -0.25) is 4.79 Å². The molecule has 4 heterocycles. The van der Waals surface area contributed by atoms with Gasteiger partial charge < -0.3 is 14.4 Å². The number of carbonyl (C=O) groups excluding carboxylic acids is 1. The summed E-state index contributed by atoms with van der Waals surface area (Å²) >= 11 is 0. The molecule has 5 heteroatoms. The van der Waals surface area contributed by atoms with E-state index in [1.165, 1.54) is 25.9 Å². The summed E-state index contributed by atoms with van der Waals surface area (Å²) in [5, 5.41) is 9.99. The summed E-state index contributed by atoms with van der Waals surface area (Å²) in [6, 6.07) is 14.4. The van der Waals surface area contributed by atoms with E-state index in [-0.39, 0.29) is 11.3 Å². The molecular weight excluding hydrogens is 366 g/mol. The SMILES string of the molecule is O=C(O)c1ccc(-c2cccc3cc(C(=O)C[C@H]4CN5CCC4CC5)oc23)cc1. The minimum absolute atomic E-state index is 0.0760. The molecule has 1 N–H and O–H groups in total. The van der Waals surface area contributed by atoms with Crippen molar-refractivity contribution in [1.29, 1.82) is 0 Å². The van der Waals surface area contributed by atoms with E-state index in [0.29, 0.717) is 29.6 Å². The first-order valence-corrected chi connectivity index (χ1v) is 10.2. The van der Waals surface area contributed by atoms with E-state index in [1.54, 1.807) is 24.3 Å². The number of benzene rings is 2. The van der Waals surface area contributed by atoms with Crippen LogP contribution < -0.4 is 0 Å². The third kappa shape index (κ3) is 3.36. The number of aromatic carboxylic acids is 1. The van der Waals surface area contributed by atoms with Gasteiger partial charge in [-0.15, -0.1) is 0 Å². The molecule has 0 radical (unpaired) electrons. The largest absolute Gasteiger partial charge is 0.478 e. The van der Waals surface area contributed by atoms with Crippen molar-refractivity contribution >= 4 is 22.7 Å². The Labute approximate surface area is 168 Å². The maximum Gasteiger partial charge on any atom is 0.335 e. The Morgan fingerprint density at radius 3 is 2.48 bits per heavy atom. The van der Waals surface area contributed by atoms with Crippen LogP contribution in [-0.4, -0.2) is 41.4 Å². The Hall–Kier alpha value is -2.92. The molecule has 3 fully saturated rings. The fourth-order valence-corrected chi connectivity index (χ4v) is 4.88. The van der Waals surface area contributed by atoms with Crippen molar-refractivity contribution in [2.45, 2.75) is 19.3 Å². The van der Waals surface area contributed by atoms with Crippen LogP contribution in [0.3, 0.4) is 0 Å². The van der Waals surface area contributed by atoms with Crippen LogP contribution in [-0.2, 0) is 0 Å². The van der Waals surface area contributed by atoms with Crippen LogP contribution in [0, 0.1) is 11.8 Å². The van der Waals surface area contributed by atoms with E-state index >= 15 is 0 Å². The van der Waals surface area contributed by atoms with Crippen molar-refractivity contribution in [1.82, 2.24) is 4.90 Å². The van der Waals surface area contributed by atoms with Crippen LogP contribution in [0.15, 0.2) is 52.9 Å². The zero-order valence-corrected chi connectivity index (χ0v) is 16.1. The molecule has 148 valence electrons. The summed E-state index contributed by atoms with van der Waals surface area (Å²) < 4.78 is 6.04. The van der Waals surface area contributed by atoms with Crippen molar-refractivity contribution in [2.24, 2.45) is 11.8 Å². The quantitative estimate of drug-likeness (QED) is 0.640. The predicted octanol–water partition coefficient (Wildman–Crippen LogP) is 4.71. The minimum Gasteiger partial charge on any atom is -0.478 e. The van der Waals surface area contributed by atoms with Gasteiger partial charge in [-0.05, 0) is 61.5 Å². The second-order valence-corrected chi connectivity index (χ2v) is 8.24. The molecule has 3 saturated heterocycles. The Morgan fingerprint density at radius 2 is 1.83 bits per heavy atom. The first-order chi connectivity index (χ1) is 14.1. The number of hydrogen-bond donors (Lipinski definition) is 1. The molecule has 1 aromatic heterocycles. The third-order valence-corrected chi connectivity index (χ3v) is 6.50. The number of carboxylic acids is 1. The molecule has 0 saturated carbocycles. The Morgan fingerprint density at radius 1 is 1.07 bits per heavy atom. The summed E-state index contributed by atoms with van der Waals surface area (Å²) in [7, 11) is 0. The van der Waals surface area contributed by atoms with E-state index in [0.717, 1.165) is 23.1 Å². The van der Waals surface area contributed by atoms with Crippen LogP contribution in [0.4, 0.5) is 0 Å². The highest BCUT2D eigenvalue weighted by molar-refractivity contribution is 6.01. The Bertz CT molecular complexity index is 1070. The van der Waals surface area contributed by atoms with E-state index < -0.39 is 5.97 Å². The molecule has 2 aromatic carbocycles. The van der Waals surface area contributed by atoms with Gasteiger partial charge in [-0.2, -0.15) is 0 Å². The average Bonchev–Trinajstić information content (AvgIpc) is 3.19. The standard InChI is InChI=1S/C24H23NO4/c26-21(12-19-14-25-10-8-15(19)9-11-25)22-13-18-2-1-3-20(23(18)29-22)16-4-6-17(7-5-16)24(27)28/h1-7,13,15,19H,8-12,14H2,(H,27,28)/t19-/m0/s1. The lowest BCUT2D eigenvalue weighted by Gasteiger charge is -2.44. The lowest BCUT2D eigenvalue weighted by atomic mass is 9.76. The van der Waals surface area contributed by atoms with Gasteiger partial charge in [0.25, 0.3) is 0 Å². The summed E-state index contributed by atoms with van der Waals surface area (Å²) in [5.74, 6) is 0.643. The van der Waals surface area contributed by atoms with Crippen LogP contribution >= 0.6 is 0 Å². The maximum absolute atomic E-state index is 12.9. The molecular formula is C24H23NO4. The van der Waals surface area contributed by atoms with Crippen LogP contribution in [0.2, 0.25) is 0 Å². The van der Waals surface area contributed by atoms with E-state index in [9.17, 15) is 9.59 Å². The van der Waals surface area contributed by atoms with E-state index in [1.807, 2.05) is 24.3 Å². The molecule has 0 spiro atoms. The van der Waals surface area contributed by atoms with Crippen molar-refractivity contribution in [3.05, 3.63) is 59.9 Å². The smallest absolute Gasteiger partial charge is 0.335 e. The highest BCUT2D eigenvalue weighted by Crippen LogP contribution is 2.36. The number of carbonyl (C=O) groups is 2. The van der Waals surface area contributed by atoms with Crippen molar-refractivity contribution in [3.8, 4) is 11.1 Å². The number of nitrogens with zero attached hydrogens (tertiary/aromatic N) is 1. The number of para-hydroxylation sites is 1. The van der Waals surface area contributed by atoms with Gasteiger partial charge in [0, 0.05) is 23.9 Å². The van der Waals surface area contributed by atoms with Crippen LogP contribution in [0.5, 0.6) is 0 Å². The van der Waals surface area contributed by atoms with Crippen molar-refractivity contribution in [2.75, 3.05) is 19.6 Å². The highest BCUT2D eigenvalue weighted by Gasteiger charge is 2.35. The topological polar surface area (TPSA) is 70.8 Å². The van der Waals surface area contributed by atoms with Gasteiger partial charge in [-0.1, -0.05) is 30.3 Å². The lowest BCUT2D eigenvalue weighted by Crippen LogP contribution is -2.47. The Balaban J connectivity index is 1.42. The van der Waals surface area contributed by atoms with E-state index in [4.69, 9.17) is 9.52 Å². The zero-order chi connectivity index (χ0) is 20.0. The summed E-state index contributed by atoms with van der Waals surface area (Å²) in [5.41, 5.74) is 2.65. The van der Waals surface area contributed by atoms with Crippen molar-refractivity contribution < 1.29 is 19.1 Å². The number of fused-ring (bicyclic) bond motifs is 4. The number of rotatable bonds is 5. The molecule has 0 aliphatic carbocycles. The summed E-state index contributed by atoms with van der Waals surface area (Å²) in [6.45, 7) is 3.37. The highest BCUT2D eigenvalue weighted by atomic mass is 16.4. The molecule has 5 nitrogen and oxygen atoms in total. The van der Waals surface area contributed by atoms with Gasteiger partial charge in [0.15, 0.2) is 11.5 Å². The number of furan rings is 1. The molecule has 3 aromatic rings. The second-order valence-electron chi connectivity index (χ2n) is 8.24. The van der Waals surface area contributed by atoms with Gasteiger partial charge in [0.05, 0.1) is 5.56 Å². The number of carboxylic acid groups (broad SMARTS) is 1. The Kier molecular flexibility index (Phi) is 4.47. The minimum atomic E-state index is -0.951. The zero-order valence-electron chi connectivity index (χ0n) is 16.1. The third-order valence-electron chi connectivity index (χ3n) is 6.50. The molecule has 6 rings (SSSR count).